The van der Waals surface area contributed by atoms with Crippen LogP contribution in [0.5, 0.6) is 0 Å². The van der Waals surface area contributed by atoms with Crippen molar-refractivity contribution < 1.29 is 4.79 Å². The molecule has 1 aromatic rings. The average molecular weight is 260 g/mol. The standard InChI is InChI=1S/C16H24N2O/c1-12-7-9-14(10-8-12)11-17-13(2)16(19)18-15-5-3-4-6-15/h7-10,13,15,17H,3-6,11H2,1-2H3,(H,18,19). The maximum Gasteiger partial charge on any atom is 0.237 e. The van der Waals surface area contributed by atoms with Gasteiger partial charge in [-0.2, -0.15) is 0 Å². The van der Waals surface area contributed by atoms with E-state index in [0.29, 0.717) is 6.04 Å². The fourth-order valence-corrected chi connectivity index (χ4v) is 2.47. The third kappa shape index (κ3) is 4.35. The molecule has 0 aliphatic heterocycles. The lowest BCUT2D eigenvalue weighted by Crippen LogP contribution is -2.45. The van der Waals surface area contributed by atoms with Crippen LogP contribution in [-0.2, 0) is 11.3 Å². The van der Waals surface area contributed by atoms with Crippen LogP contribution < -0.4 is 10.6 Å². The van der Waals surface area contributed by atoms with Crippen LogP contribution in [0.25, 0.3) is 0 Å². The quantitative estimate of drug-likeness (QED) is 0.854. The highest BCUT2D eigenvalue weighted by atomic mass is 16.2. The zero-order chi connectivity index (χ0) is 13.7. The van der Waals surface area contributed by atoms with Crippen molar-refractivity contribution in [3.8, 4) is 0 Å². The largest absolute Gasteiger partial charge is 0.352 e. The van der Waals surface area contributed by atoms with Gasteiger partial charge in [-0.05, 0) is 32.3 Å². The number of hydrogen-bond acceptors (Lipinski definition) is 2. The molecule has 0 bridgehead atoms. The van der Waals surface area contributed by atoms with Crippen molar-refractivity contribution in [2.45, 2.75) is 58.2 Å². The van der Waals surface area contributed by atoms with Gasteiger partial charge in [0.15, 0.2) is 0 Å². The van der Waals surface area contributed by atoms with Crippen LogP contribution in [0.15, 0.2) is 24.3 Å². The molecule has 2 rings (SSSR count). The SMILES string of the molecule is Cc1ccc(CNC(C)C(=O)NC2CCCC2)cc1. The maximum absolute atomic E-state index is 12.0. The smallest absolute Gasteiger partial charge is 0.237 e. The minimum Gasteiger partial charge on any atom is -0.352 e. The molecule has 2 N–H and O–H groups in total. The highest BCUT2D eigenvalue weighted by Gasteiger charge is 2.20. The van der Waals surface area contributed by atoms with Crippen molar-refractivity contribution in [3.63, 3.8) is 0 Å². The van der Waals surface area contributed by atoms with Crippen molar-refractivity contribution in [3.05, 3.63) is 35.4 Å². The molecule has 3 heteroatoms. The minimum absolute atomic E-state index is 0.124. The summed E-state index contributed by atoms with van der Waals surface area (Å²) >= 11 is 0. The predicted octanol–water partition coefficient (Wildman–Crippen LogP) is 2.53. The Balaban J connectivity index is 1.75. The normalized spacial score (nSPS) is 17.4. The molecule has 19 heavy (non-hydrogen) atoms. The first-order valence-corrected chi connectivity index (χ1v) is 7.24. The van der Waals surface area contributed by atoms with Gasteiger partial charge >= 0.3 is 0 Å². The highest BCUT2D eigenvalue weighted by molar-refractivity contribution is 5.81. The second-order valence-electron chi connectivity index (χ2n) is 5.58. The van der Waals surface area contributed by atoms with Gasteiger partial charge in [-0.25, -0.2) is 0 Å². The number of benzene rings is 1. The van der Waals surface area contributed by atoms with Gasteiger partial charge in [0.1, 0.15) is 0 Å². The lowest BCUT2D eigenvalue weighted by molar-refractivity contribution is -0.123. The lowest BCUT2D eigenvalue weighted by atomic mass is 10.1. The highest BCUT2D eigenvalue weighted by Crippen LogP contribution is 2.17. The van der Waals surface area contributed by atoms with Gasteiger partial charge in [0, 0.05) is 12.6 Å². The molecule has 0 heterocycles. The molecule has 0 radical (unpaired) electrons. The molecule has 104 valence electrons. The van der Waals surface area contributed by atoms with Crippen LogP contribution in [0.2, 0.25) is 0 Å². The molecule has 1 amide bonds. The van der Waals surface area contributed by atoms with Crippen LogP contribution in [0.4, 0.5) is 0 Å². The number of hydrogen-bond donors (Lipinski definition) is 2. The van der Waals surface area contributed by atoms with Crippen molar-refractivity contribution in [1.29, 1.82) is 0 Å². The Morgan fingerprint density at radius 1 is 1.26 bits per heavy atom. The van der Waals surface area contributed by atoms with Crippen LogP contribution in [0, 0.1) is 6.92 Å². The van der Waals surface area contributed by atoms with E-state index in [1.165, 1.54) is 24.0 Å². The summed E-state index contributed by atoms with van der Waals surface area (Å²) in [5, 5.41) is 6.40. The van der Waals surface area contributed by atoms with E-state index in [1.807, 2.05) is 6.92 Å². The predicted molar refractivity (Wildman–Crippen MR) is 77.9 cm³/mol. The molecular weight excluding hydrogens is 236 g/mol. The number of rotatable bonds is 5. The Morgan fingerprint density at radius 3 is 2.53 bits per heavy atom. The first kappa shape index (κ1) is 14.1. The summed E-state index contributed by atoms with van der Waals surface area (Å²) in [6.45, 7) is 4.74. The molecule has 1 aliphatic rings. The zero-order valence-corrected chi connectivity index (χ0v) is 11.9. The molecule has 3 nitrogen and oxygen atoms in total. The monoisotopic (exact) mass is 260 g/mol. The molecule has 1 saturated carbocycles. The Bertz CT molecular complexity index is 407. The van der Waals surface area contributed by atoms with Crippen LogP contribution in [-0.4, -0.2) is 18.0 Å². The maximum atomic E-state index is 12.0. The third-order valence-corrected chi connectivity index (χ3v) is 3.83. The Morgan fingerprint density at radius 2 is 1.89 bits per heavy atom. The van der Waals surface area contributed by atoms with Gasteiger partial charge in [0.25, 0.3) is 0 Å². The molecule has 1 aromatic carbocycles. The van der Waals surface area contributed by atoms with Gasteiger partial charge in [-0.1, -0.05) is 42.7 Å². The first-order valence-electron chi connectivity index (χ1n) is 7.24. The molecule has 0 saturated heterocycles. The van der Waals surface area contributed by atoms with E-state index >= 15 is 0 Å². The van der Waals surface area contributed by atoms with E-state index in [4.69, 9.17) is 0 Å². The van der Waals surface area contributed by atoms with Gasteiger partial charge in [-0.3, -0.25) is 4.79 Å². The topological polar surface area (TPSA) is 41.1 Å². The fraction of sp³-hybridized carbons (Fsp3) is 0.562. The van der Waals surface area contributed by atoms with Crippen LogP contribution in [0.3, 0.4) is 0 Å². The average Bonchev–Trinajstić information content (AvgIpc) is 2.90. The van der Waals surface area contributed by atoms with Crippen LogP contribution in [0.1, 0.15) is 43.7 Å². The first-order chi connectivity index (χ1) is 9.15. The van der Waals surface area contributed by atoms with Gasteiger partial charge in [0.2, 0.25) is 5.91 Å². The van der Waals surface area contributed by atoms with E-state index in [0.717, 1.165) is 19.4 Å². The molecule has 1 fully saturated rings. The minimum atomic E-state index is -0.137. The van der Waals surface area contributed by atoms with Crippen LogP contribution >= 0.6 is 0 Å². The Hall–Kier alpha value is -1.35. The van der Waals surface area contributed by atoms with Crippen molar-refractivity contribution >= 4 is 5.91 Å². The van der Waals surface area contributed by atoms with Gasteiger partial charge in [0.05, 0.1) is 6.04 Å². The lowest BCUT2D eigenvalue weighted by Gasteiger charge is -2.17. The summed E-state index contributed by atoms with van der Waals surface area (Å²) in [6, 6.07) is 8.66. The molecule has 1 aliphatic carbocycles. The summed E-state index contributed by atoms with van der Waals surface area (Å²) in [5.41, 5.74) is 2.47. The van der Waals surface area contributed by atoms with E-state index in [1.54, 1.807) is 0 Å². The van der Waals surface area contributed by atoms with Gasteiger partial charge in [-0.15, -0.1) is 0 Å². The van der Waals surface area contributed by atoms with Gasteiger partial charge < -0.3 is 10.6 Å². The Kier molecular flexibility index (Phi) is 4.97. The summed E-state index contributed by atoms with van der Waals surface area (Å²) in [4.78, 5) is 12.0. The Labute approximate surface area is 115 Å². The molecular formula is C16H24N2O. The van der Waals surface area contributed by atoms with E-state index in [9.17, 15) is 4.79 Å². The van der Waals surface area contributed by atoms with E-state index in [2.05, 4.69) is 41.8 Å². The number of nitrogens with one attached hydrogen (secondary N) is 2. The van der Waals surface area contributed by atoms with Crippen molar-refractivity contribution in [2.75, 3.05) is 0 Å². The van der Waals surface area contributed by atoms with Crippen molar-refractivity contribution in [2.24, 2.45) is 0 Å². The van der Waals surface area contributed by atoms with E-state index < -0.39 is 0 Å². The molecule has 1 atom stereocenters. The number of carbonyl (C=O) groups is 1. The number of aryl methyl sites for hydroxylation is 1. The number of amides is 1. The summed E-state index contributed by atoms with van der Waals surface area (Å²) in [7, 11) is 0. The summed E-state index contributed by atoms with van der Waals surface area (Å²) in [5.74, 6) is 0.124. The van der Waals surface area contributed by atoms with Crippen molar-refractivity contribution in [1.82, 2.24) is 10.6 Å². The summed E-state index contributed by atoms with van der Waals surface area (Å²) < 4.78 is 0. The number of carbonyl (C=O) groups excluding carboxylic acids is 1. The second kappa shape index (κ2) is 6.71. The summed E-state index contributed by atoms with van der Waals surface area (Å²) in [6.07, 6.45) is 4.76. The van der Waals surface area contributed by atoms with E-state index in [-0.39, 0.29) is 11.9 Å². The fourth-order valence-electron chi connectivity index (χ4n) is 2.47. The molecule has 0 spiro atoms. The zero-order valence-electron chi connectivity index (χ0n) is 11.9. The third-order valence-electron chi connectivity index (χ3n) is 3.83. The molecule has 1 unspecified atom stereocenters. The second-order valence-corrected chi connectivity index (χ2v) is 5.58. The molecule has 0 aromatic heterocycles.